The second-order valence-electron chi connectivity index (χ2n) is 4.57. The zero-order chi connectivity index (χ0) is 14.4. The Hall–Kier alpha value is -1.24. The van der Waals surface area contributed by atoms with Crippen molar-refractivity contribution in [2.45, 2.75) is 19.9 Å². The zero-order valence-electron chi connectivity index (χ0n) is 10.8. The van der Waals surface area contributed by atoms with E-state index in [9.17, 15) is 4.39 Å². The van der Waals surface area contributed by atoms with Crippen molar-refractivity contribution in [3.8, 4) is 0 Å². The van der Waals surface area contributed by atoms with Crippen molar-refractivity contribution in [3.63, 3.8) is 0 Å². The van der Waals surface area contributed by atoms with Gasteiger partial charge in [-0.1, -0.05) is 11.6 Å². The molecule has 0 spiro atoms. The van der Waals surface area contributed by atoms with Gasteiger partial charge in [0.2, 0.25) is 0 Å². The summed E-state index contributed by atoms with van der Waals surface area (Å²) < 4.78 is 16.0. The molecule has 0 aliphatic carbocycles. The minimum absolute atomic E-state index is 0.0310. The number of fused-ring (bicyclic) bond motifs is 1. The Morgan fingerprint density at radius 3 is 2.90 bits per heavy atom. The van der Waals surface area contributed by atoms with E-state index in [0.29, 0.717) is 10.3 Å². The first kappa shape index (κ1) is 13.7. The van der Waals surface area contributed by atoms with E-state index in [0.717, 1.165) is 15.4 Å². The van der Waals surface area contributed by atoms with Crippen LogP contribution in [0.2, 0.25) is 5.02 Å². The quantitative estimate of drug-likeness (QED) is 0.681. The third-order valence-corrected chi connectivity index (χ3v) is 4.81. The van der Waals surface area contributed by atoms with Crippen LogP contribution in [-0.2, 0) is 0 Å². The molecule has 104 valence electrons. The van der Waals surface area contributed by atoms with E-state index >= 15 is 0 Å². The summed E-state index contributed by atoms with van der Waals surface area (Å²) in [5.74, 6) is -0.458. The van der Waals surface area contributed by atoms with Gasteiger partial charge in [0.05, 0.1) is 22.1 Å². The molecule has 0 fully saturated rings. The summed E-state index contributed by atoms with van der Waals surface area (Å²) in [5.41, 5.74) is 1.42. The minimum atomic E-state index is -0.458. The SMILES string of the molecule is Cc1cnc(C(C)n2c(=S)[nH]c3cc(F)c(Cl)cc32)s1. The molecular weight excluding hydrogens is 317 g/mol. The highest BCUT2D eigenvalue weighted by molar-refractivity contribution is 7.71. The number of benzene rings is 1. The van der Waals surface area contributed by atoms with Crippen LogP contribution in [0.1, 0.15) is 22.9 Å². The molecule has 0 bridgehead atoms. The van der Waals surface area contributed by atoms with Gasteiger partial charge in [-0.3, -0.25) is 0 Å². The number of hydrogen-bond donors (Lipinski definition) is 1. The molecule has 0 aliphatic heterocycles. The maximum absolute atomic E-state index is 13.5. The summed E-state index contributed by atoms with van der Waals surface area (Å²) in [4.78, 5) is 8.54. The fourth-order valence-corrected chi connectivity index (χ4v) is 3.52. The van der Waals surface area contributed by atoms with E-state index in [1.807, 2.05) is 24.6 Å². The largest absolute Gasteiger partial charge is 0.330 e. The van der Waals surface area contributed by atoms with Crippen LogP contribution in [0.15, 0.2) is 18.3 Å². The third kappa shape index (κ3) is 2.17. The van der Waals surface area contributed by atoms with Crippen molar-refractivity contribution in [1.29, 1.82) is 0 Å². The Bertz CT molecular complexity index is 849. The Kier molecular flexibility index (Phi) is 3.40. The number of imidazole rings is 1. The molecule has 3 aromatic rings. The predicted octanol–water partition coefficient (Wildman–Crippen LogP) is 4.87. The number of nitrogens with zero attached hydrogens (tertiary/aromatic N) is 2. The van der Waals surface area contributed by atoms with Crippen LogP contribution in [0.5, 0.6) is 0 Å². The molecule has 1 N–H and O–H groups in total. The highest BCUT2D eigenvalue weighted by Gasteiger charge is 2.17. The molecule has 3 nitrogen and oxygen atoms in total. The van der Waals surface area contributed by atoms with E-state index in [1.54, 1.807) is 17.4 Å². The van der Waals surface area contributed by atoms with Crippen LogP contribution in [-0.4, -0.2) is 14.5 Å². The van der Waals surface area contributed by atoms with Crippen molar-refractivity contribution in [2.75, 3.05) is 0 Å². The molecule has 7 heteroatoms. The summed E-state index contributed by atoms with van der Waals surface area (Å²) >= 11 is 12.8. The molecule has 1 unspecified atom stereocenters. The number of H-pyrrole nitrogens is 1. The molecule has 0 aliphatic rings. The average molecular weight is 328 g/mol. The summed E-state index contributed by atoms with van der Waals surface area (Å²) in [6, 6.07) is 2.93. The van der Waals surface area contributed by atoms with Crippen LogP contribution in [0.25, 0.3) is 11.0 Å². The molecule has 2 aromatic heterocycles. The van der Waals surface area contributed by atoms with Crippen LogP contribution in [0.3, 0.4) is 0 Å². The van der Waals surface area contributed by atoms with Gasteiger partial charge >= 0.3 is 0 Å². The van der Waals surface area contributed by atoms with Gasteiger partial charge in [0.1, 0.15) is 10.8 Å². The van der Waals surface area contributed by atoms with Crippen LogP contribution < -0.4 is 0 Å². The lowest BCUT2D eigenvalue weighted by Crippen LogP contribution is -2.06. The molecule has 1 atom stereocenters. The zero-order valence-corrected chi connectivity index (χ0v) is 13.2. The minimum Gasteiger partial charge on any atom is -0.330 e. The predicted molar refractivity (Wildman–Crippen MR) is 82.8 cm³/mol. The maximum atomic E-state index is 13.5. The van der Waals surface area contributed by atoms with Gasteiger partial charge in [0, 0.05) is 17.1 Å². The highest BCUT2D eigenvalue weighted by atomic mass is 35.5. The molecule has 0 amide bonds. The van der Waals surface area contributed by atoms with Crippen molar-refractivity contribution >= 4 is 46.2 Å². The van der Waals surface area contributed by atoms with Gasteiger partial charge in [-0.2, -0.15) is 0 Å². The van der Waals surface area contributed by atoms with E-state index in [-0.39, 0.29) is 11.1 Å². The average Bonchev–Trinajstić information content (AvgIpc) is 2.93. The third-order valence-electron chi connectivity index (χ3n) is 3.14. The van der Waals surface area contributed by atoms with Gasteiger partial charge in [-0.05, 0) is 32.1 Å². The fraction of sp³-hybridized carbons (Fsp3) is 0.231. The number of halogens is 2. The number of aryl methyl sites for hydroxylation is 1. The van der Waals surface area contributed by atoms with Gasteiger partial charge in [0.25, 0.3) is 0 Å². The standard InChI is InChI=1S/C13H11ClFN3S2/c1-6-5-16-12(20-6)7(2)18-11-3-8(14)9(15)4-10(11)17-13(18)19/h3-5,7H,1-2H3,(H,17,19). The smallest absolute Gasteiger partial charge is 0.178 e. The molecule has 0 saturated carbocycles. The Morgan fingerprint density at radius 2 is 2.25 bits per heavy atom. The van der Waals surface area contributed by atoms with Crippen LogP contribution in [0.4, 0.5) is 4.39 Å². The lowest BCUT2D eigenvalue weighted by Gasteiger charge is -2.12. The van der Waals surface area contributed by atoms with Crippen LogP contribution in [0, 0.1) is 17.5 Å². The van der Waals surface area contributed by atoms with E-state index < -0.39 is 5.82 Å². The van der Waals surface area contributed by atoms with Gasteiger partial charge < -0.3 is 9.55 Å². The second kappa shape index (κ2) is 4.95. The normalized spacial score (nSPS) is 13.0. The summed E-state index contributed by atoms with van der Waals surface area (Å²) in [6.45, 7) is 4.02. The van der Waals surface area contributed by atoms with Crippen molar-refractivity contribution in [3.05, 3.63) is 43.8 Å². The summed E-state index contributed by atoms with van der Waals surface area (Å²) in [6.07, 6.45) is 1.83. The Labute approximate surface area is 129 Å². The van der Waals surface area contributed by atoms with Crippen molar-refractivity contribution in [1.82, 2.24) is 14.5 Å². The van der Waals surface area contributed by atoms with Gasteiger partial charge in [0.15, 0.2) is 4.77 Å². The first-order valence-electron chi connectivity index (χ1n) is 5.99. The molecule has 1 aromatic carbocycles. The Morgan fingerprint density at radius 1 is 1.50 bits per heavy atom. The fourth-order valence-electron chi connectivity index (χ4n) is 2.18. The number of aromatic amines is 1. The van der Waals surface area contributed by atoms with E-state index in [2.05, 4.69) is 9.97 Å². The first-order valence-corrected chi connectivity index (χ1v) is 7.59. The van der Waals surface area contributed by atoms with Gasteiger partial charge in [-0.25, -0.2) is 9.37 Å². The molecule has 0 radical (unpaired) electrons. The highest BCUT2D eigenvalue weighted by Crippen LogP contribution is 2.29. The molecular formula is C13H11ClFN3S2. The summed E-state index contributed by atoms with van der Waals surface area (Å²) in [5, 5.41) is 1.04. The lowest BCUT2D eigenvalue weighted by molar-refractivity contribution is 0.628. The Balaban J connectivity index is 2.23. The van der Waals surface area contributed by atoms with Crippen molar-refractivity contribution in [2.24, 2.45) is 0 Å². The topological polar surface area (TPSA) is 33.6 Å². The number of thiazole rings is 1. The lowest BCUT2D eigenvalue weighted by atomic mass is 10.2. The van der Waals surface area contributed by atoms with E-state index in [1.165, 1.54) is 6.07 Å². The number of rotatable bonds is 2. The monoisotopic (exact) mass is 327 g/mol. The molecule has 3 rings (SSSR count). The van der Waals surface area contributed by atoms with Crippen LogP contribution >= 0.6 is 35.2 Å². The number of nitrogens with one attached hydrogen (secondary N) is 1. The first-order chi connectivity index (χ1) is 9.47. The molecule has 2 heterocycles. The maximum Gasteiger partial charge on any atom is 0.178 e. The summed E-state index contributed by atoms with van der Waals surface area (Å²) in [7, 11) is 0. The second-order valence-corrected chi connectivity index (χ2v) is 6.63. The number of hydrogen-bond acceptors (Lipinski definition) is 3. The number of aromatic nitrogens is 3. The molecule has 0 saturated heterocycles. The van der Waals surface area contributed by atoms with Gasteiger partial charge in [-0.15, -0.1) is 11.3 Å². The van der Waals surface area contributed by atoms with E-state index in [4.69, 9.17) is 23.8 Å². The van der Waals surface area contributed by atoms with Crippen molar-refractivity contribution < 1.29 is 4.39 Å². The molecule has 20 heavy (non-hydrogen) atoms.